The van der Waals surface area contributed by atoms with E-state index in [9.17, 15) is 0 Å². The maximum absolute atomic E-state index is 5.74. The van der Waals surface area contributed by atoms with E-state index < -0.39 is 0 Å². The summed E-state index contributed by atoms with van der Waals surface area (Å²) in [7, 11) is 0. The van der Waals surface area contributed by atoms with E-state index >= 15 is 0 Å². The average molecular weight is 322 g/mol. The Kier molecular flexibility index (Phi) is 4.22. The van der Waals surface area contributed by atoms with Gasteiger partial charge in [-0.25, -0.2) is 4.98 Å². The third kappa shape index (κ3) is 3.80. The molecular formula is C20H22N2S. The molecule has 0 fully saturated rings. The minimum Gasteiger partial charge on any atom is -0.399 e. The van der Waals surface area contributed by atoms with Crippen LogP contribution in [0, 0.1) is 0 Å². The summed E-state index contributed by atoms with van der Waals surface area (Å²) in [5.41, 5.74) is 11.5. The number of hydrogen-bond acceptors (Lipinski definition) is 3. The summed E-state index contributed by atoms with van der Waals surface area (Å²) in [6.45, 7) is 6.71. The van der Waals surface area contributed by atoms with E-state index in [1.54, 1.807) is 11.3 Å². The van der Waals surface area contributed by atoms with E-state index in [-0.39, 0.29) is 5.41 Å². The molecule has 2 nitrogen and oxygen atoms in total. The Morgan fingerprint density at radius 2 is 1.61 bits per heavy atom. The molecule has 1 aromatic heterocycles. The zero-order valence-corrected chi connectivity index (χ0v) is 14.7. The number of anilines is 1. The van der Waals surface area contributed by atoms with E-state index in [2.05, 4.69) is 50.4 Å². The number of benzene rings is 2. The van der Waals surface area contributed by atoms with Crippen molar-refractivity contribution in [3.63, 3.8) is 0 Å². The van der Waals surface area contributed by atoms with Crippen LogP contribution in [0.25, 0.3) is 11.3 Å². The van der Waals surface area contributed by atoms with Crippen molar-refractivity contribution in [3.8, 4) is 11.3 Å². The minimum atomic E-state index is 0.196. The molecular weight excluding hydrogens is 300 g/mol. The van der Waals surface area contributed by atoms with Crippen molar-refractivity contribution in [2.45, 2.75) is 32.6 Å². The van der Waals surface area contributed by atoms with Crippen molar-refractivity contribution in [3.05, 3.63) is 70.0 Å². The average Bonchev–Trinajstić information content (AvgIpc) is 2.96. The number of aromatic nitrogens is 1. The molecule has 0 atom stereocenters. The number of thiazole rings is 1. The first-order valence-electron chi connectivity index (χ1n) is 7.81. The fraction of sp³-hybridized carbons (Fsp3) is 0.250. The SMILES string of the molecule is CC(C)(C)c1ccc(Cc2nc(-c3ccc(N)cc3)cs2)cc1. The molecule has 23 heavy (non-hydrogen) atoms. The van der Waals surface area contributed by atoms with Gasteiger partial charge in [0.15, 0.2) is 0 Å². The lowest BCUT2D eigenvalue weighted by Gasteiger charge is -2.19. The first-order chi connectivity index (χ1) is 10.9. The second-order valence-corrected chi connectivity index (χ2v) is 7.81. The van der Waals surface area contributed by atoms with Gasteiger partial charge in [-0.2, -0.15) is 0 Å². The molecule has 0 aliphatic rings. The van der Waals surface area contributed by atoms with Crippen LogP contribution in [-0.4, -0.2) is 4.98 Å². The normalized spacial score (nSPS) is 11.6. The van der Waals surface area contributed by atoms with Crippen LogP contribution in [0.2, 0.25) is 0 Å². The van der Waals surface area contributed by atoms with Crippen LogP contribution in [0.3, 0.4) is 0 Å². The quantitative estimate of drug-likeness (QED) is 0.666. The summed E-state index contributed by atoms with van der Waals surface area (Å²) in [5, 5.41) is 3.25. The van der Waals surface area contributed by atoms with Crippen molar-refractivity contribution in [2.75, 3.05) is 5.73 Å². The molecule has 0 radical (unpaired) electrons. The van der Waals surface area contributed by atoms with E-state index in [1.165, 1.54) is 11.1 Å². The zero-order chi connectivity index (χ0) is 16.4. The summed E-state index contributed by atoms with van der Waals surface area (Å²) in [4.78, 5) is 4.75. The summed E-state index contributed by atoms with van der Waals surface area (Å²) in [6.07, 6.45) is 0.879. The lowest BCUT2D eigenvalue weighted by molar-refractivity contribution is 0.590. The van der Waals surface area contributed by atoms with Crippen LogP contribution >= 0.6 is 11.3 Å². The Morgan fingerprint density at radius 3 is 2.22 bits per heavy atom. The molecule has 2 aromatic carbocycles. The first kappa shape index (κ1) is 15.8. The molecule has 2 N–H and O–H groups in total. The van der Waals surface area contributed by atoms with Gasteiger partial charge in [0.05, 0.1) is 10.7 Å². The molecule has 118 valence electrons. The predicted octanol–water partition coefficient (Wildman–Crippen LogP) is 5.28. The molecule has 0 bridgehead atoms. The maximum Gasteiger partial charge on any atom is 0.0976 e. The van der Waals surface area contributed by atoms with Gasteiger partial charge in [0.2, 0.25) is 0 Å². The van der Waals surface area contributed by atoms with E-state index in [0.29, 0.717) is 0 Å². The van der Waals surface area contributed by atoms with Gasteiger partial charge in [0.1, 0.15) is 0 Å². The van der Waals surface area contributed by atoms with Crippen LogP contribution in [0.5, 0.6) is 0 Å². The summed E-state index contributed by atoms with van der Waals surface area (Å²) in [6, 6.07) is 16.8. The lowest BCUT2D eigenvalue weighted by Crippen LogP contribution is -2.10. The fourth-order valence-corrected chi connectivity index (χ4v) is 3.31. The molecule has 3 rings (SSSR count). The van der Waals surface area contributed by atoms with Gasteiger partial charge in [-0.05, 0) is 28.7 Å². The molecule has 3 heteroatoms. The molecule has 0 unspecified atom stereocenters. The third-order valence-electron chi connectivity index (χ3n) is 3.93. The first-order valence-corrected chi connectivity index (χ1v) is 8.69. The number of nitrogens with zero attached hydrogens (tertiary/aromatic N) is 1. The van der Waals surface area contributed by atoms with Crippen molar-refractivity contribution >= 4 is 17.0 Å². The topological polar surface area (TPSA) is 38.9 Å². The highest BCUT2D eigenvalue weighted by Gasteiger charge is 2.13. The lowest BCUT2D eigenvalue weighted by atomic mass is 9.86. The predicted molar refractivity (Wildman–Crippen MR) is 99.9 cm³/mol. The fourth-order valence-electron chi connectivity index (χ4n) is 2.48. The minimum absolute atomic E-state index is 0.196. The second kappa shape index (κ2) is 6.17. The highest BCUT2D eigenvalue weighted by molar-refractivity contribution is 7.10. The standard InChI is InChI=1S/C20H22N2S/c1-20(2,3)16-8-4-14(5-9-16)12-19-22-18(13-23-19)15-6-10-17(21)11-7-15/h4-11,13H,12,21H2,1-3H3. The van der Waals surface area contributed by atoms with E-state index in [4.69, 9.17) is 10.7 Å². The Hall–Kier alpha value is -2.13. The smallest absolute Gasteiger partial charge is 0.0976 e. The third-order valence-corrected chi connectivity index (χ3v) is 4.78. The van der Waals surface area contributed by atoms with Gasteiger partial charge in [0.25, 0.3) is 0 Å². The van der Waals surface area contributed by atoms with Crippen LogP contribution in [0.4, 0.5) is 5.69 Å². The van der Waals surface area contributed by atoms with Crippen molar-refractivity contribution in [1.29, 1.82) is 0 Å². The highest BCUT2D eigenvalue weighted by atomic mass is 32.1. The maximum atomic E-state index is 5.74. The second-order valence-electron chi connectivity index (χ2n) is 6.87. The van der Waals surface area contributed by atoms with Crippen LogP contribution < -0.4 is 5.73 Å². The van der Waals surface area contributed by atoms with E-state index in [1.807, 2.05) is 24.3 Å². The summed E-state index contributed by atoms with van der Waals surface area (Å²) < 4.78 is 0. The van der Waals surface area contributed by atoms with Crippen molar-refractivity contribution < 1.29 is 0 Å². The number of rotatable bonds is 3. The van der Waals surface area contributed by atoms with Gasteiger partial charge in [-0.15, -0.1) is 11.3 Å². The molecule has 0 aliphatic heterocycles. The van der Waals surface area contributed by atoms with Crippen LogP contribution in [-0.2, 0) is 11.8 Å². The van der Waals surface area contributed by atoms with Gasteiger partial charge in [-0.3, -0.25) is 0 Å². The highest BCUT2D eigenvalue weighted by Crippen LogP contribution is 2.26. The molecule has 0 saturated carbocycles. The van der Waals surface area contributed by atoms with Crippen LogP contribution in [0.15, 0.2) is 53.9 Å². The monoisotopic (exact) mass is 322 g/mol. The Labute approximate surface area is 142 Å². The van der Waals surface area contributed by atoms with Gasteiger partial charge in [0, 0.05) is 23.1 Å². The van der Waals surface area contributed by atoms with Gasteiger partial charge < -0.3 is 5.73 Å². The largest absolute Gasteiger partial charge is 0.399 e. The molecule has 3 aromatic rings. The Morgan fingerprint density at radius 1 is 0.957 bits per heavy atom. The molecule has 0 aliphatic carbocycles. The van der Waals surface area contributed by atoms with Gasteiger partial charge in [-0.1, -0.05) is 57.2 Å². The number of hydrogen-bond donors (Lipinski definition) is 1. The summed E-state index contributed by atoms with van der Waals surface area (Å²) in [5.74, 6) is 0. The van der Waals surface area contributed by atoms with Crippen molar-refractivity contribution in [1.82, 2.24) is 4.98 Å². The Bertz CT molecular complexity index is 778. The summed E-state index contributed by atoms with van der Waals surface area (Å²) >= 11 is 1.71. The van der Waals surface area contributed by atoms with Crippen LogP contribution in [0.1, 0.15) is 36.9 Å². The molecule has 0 saturated heterocycles. The number of nitrogens with two attached hydrogens (primary N) is 1. The molecule has 0 spiro atoms. The Balaban J connectivity index is 1.75. The van der Waals surface area contributed by atoms with Gasteiger partial charge >= 0.3 is 0 Å². The van der Waals surface area contributed by atoms with E-state index in [0.717, 1.165) is 28.4 Å². The molecule has 0 amide bonds. The zero-order valence-electron chi connectivity index (χ0n) is 13.8. The molecule has 1 heterocycles. The number of nitrogen functional groups attached to an aromatic ring is 1. The van der Waals surface area contributed by atoms with Crippen molar-refractivity contribution in [2.24, 2.45) is 0 Å².